The average Bonchev–Trinajstić information content (AvgIpc) is 3.26. The maximum absolute atomic E-state index is 11.7. The van der Waals surface area contributed by atoms with Gasteiger partial charge in [0.05, 0.1) is 0 Å². The fraction of sp³-hybridized carbons (Fsp3) is 0.545. The summed E-state index contributed by atoms with van der Waals surface area (Å²) < 4.78 is 10.0. The Morgan fingerprint density at radius 1 is 0.562 bits per heavy atom. The third kappa shape index (κ3) is 8.44. The van der Waals surface area contributed by atoms with Gasteiger partial charge in [-0.05, 0) is 25.7 Å². The van der Waals surface area contributed by atoms with Gasteiger partial charge >= 0.3 is 11.9 Å². The van der Waals surface area contributed by atoms with Crippen LogP contribution in [-0.4, -0.2) is 71.7 Å². The molecule has 0 aliphatic carbocycles. The average molecular weight is 448 g/mol. The quantitative estimate of drug-likeness (QED) is 0.207. The van der Waals surface area contributed by atoms with Crippen LogP contribution in [0.2, 0.25) is 0 Å². The lowest BCUT2D eigenvalue weighted by Crippen LogP contribution is -2.30. The lowest BCUT2D eigenvalue weighted by molar-refractivity contribution is -0.152. The van der Waals surface area contributed by atoms with E-state index in [1.165, 1.54) is 34.1 Å². The van der Waals surface area contributed by atoms with Crippen LogP contribution in [-0.2, 0) is 38.2 Å². The van der Waals surface area contributed by atoms with Gasteiger partial charge in [-0.25, -0.2) is 0 Å². The molecule has 0 radical (unpaired) electrons. The molecule has 2 heterocycles. The van der Waals surface area contributed by atoms with Gasteiger partial charge in [0.1, 0.15) is 13.2 Å². The molecule has 10 nitrogen and oxygen atoms in total. The van der Waals surface area contributed by atoms with E-state index in [0.717, 1.165) is 0 Å². The van der Waals surface area contributed by atoms with Gasteiger partial charge < -0.3 is 9.47 Å². The summed E-state index contributed by atoms with van der Waals surface area (Å²) in [7, 11) is 0. The standard InChI is InChI=1S/C22H28N2O8/c25-17-9-10-18(26)23(17)13-5-1-3-7-21(29)31-15-16-32-22(30)8-4-2-6-14-24-19(27)11-12-20(24)28/h9-12H,1-8,13-16H2. The van der Waals surface area contributed by atoms with Gasteiger partial charge in [-0.1, -0.05) is 12.8 Å². The van der Waals surface area contributed by atoms with E-state index in [9.17, 15) is 28.8 Å². The molecule has 0 saturated heterocycles. The summed E-state index contributed by atoms with van der Waals surface area (Å²) >= 11 is 0. The Bertz CT molecular complexity index is 700. The summed E-state index contributed by atoms with van der Waals surface area (Å²) in [6.07, 6.45) is 9.14. The topological polar surface area (TPSA) is 127 Å². The van der Waals surface area contributed by atoms with Crippen LogP contribution >= 0.6 is 0 Å². The fourth-order valence-electron chi connectivity index (χ4n) is 3.19. The molecule has 10 heteroatoms. The number of nitrogens with zero attached hydrogens (tertiary/aromatic N) is 2. The lowest BCUT2D eigenvalue weighted by atomic mass is 10.2. The predicted molar refractivity (Wildman–Crippen MR) is 111 cm³/mol. The van der Waals surface area contributed by atoms with Crippen LogP contribution in [0.4, 0.5) is 0 Å². The summed E-state index contributed by atoms with van der Waals surface area (Å²) in [5.41, 5.74) is 0. The molecule has 2 rings (SSSR count). The normalized spacial score (nSPS) is 15.2. The number of ether oxygens (including phenoxy) is 2. The molecule has 32 heavy (non-hydrogen) atoms. The first-order chi connectivity index (χ1) is 15.4. The molecule has 2 aliphatic heterocycles. The molecule has 4 amide bonds. The molecule has 0 fully saturated rings. The molecule has 0 aromatic heterocycles. The molecule has 174 valence electrons. The van der Waals surface area contributed by atoms with E-state index < -0.39 is 11.9 Å². The van der Waals surface area contributed by atoms with E-state index in [1.807, 2.05) is 0 Å². The first kappa shape index (κ1) is 25.0. The van der Waals surface area contributed by atoms with Gasteiger partial charge in [0.2, 0.25) is 0 Å². The highest BCUT2D eigenvalue weighted by Gasteiger charge is 2.23. The van der Waals surface area contributed by atoms with Crippen molar-refractivity contribution in [2.24, 2.45) is 0 Å². The zero-order valence-electron chi connectivity index (χ0n) is 18.0. The van der Waals surface area contributed by atoms with E-state index in [-0.39, 0.29) is 49.7 Å². The first-order valence-corrected chi connectivity index (χ1v) is 10.8. The maximum Gasteiger partial charge on any atom is 0.305 e. The van der Waals surface area contributed by atoms with E-state index in [1.54, 1.807) is 0 Å². The third-order valence-corrected chi connectivity index (χ3v) is 4.94. The summed E-state index contributed by atoms with van der Waals surface area (Å²) in [6, 6.07) is 0. The number of carbonyl (C=O) groups excluding carboxylic acids is 6. The van der Waals surface area contributed by atoms with Gasteiger partial charge in [-0.2, -0.15) is 0 Å². The highest BCUT2D eigenvalue weighted by atomic mass is 16.6. The molecule has 0 atom stereocenters. The molecule has 2 aliphatic rings. The number of amides is 4. The molecule has 0 N–H and O–H groups in total. The van der Waals surface area contributed by atoms with Crippen molar-refractivity contribution in [3.8, 4) is 0 Å². The van der Waals surface area contributed by atoms with Crippen molar-refractivity contribution < 1.29 is 38.2 Å². The van der Waals surface area contributed by atoms with Crippen molar-refractivity contribution in [1.29, 1.82) is 0 Å². The Morgan fingerprint density at radius 3 is 1.25 bits per heavy atom. The molecule has 0 aromatic rings. The zero-order valence-corrected chi connectivity index (χ0v) is 18.0. The first-order valence-electron chi connectivity index (χ1n) is 10.8. The molecule has 0 bridgehead atoms. The summed E-state index contributed by atoms with van der Waals surface area (Å²) in [5.74, 6) is -2.02. The Labute approximate surface area is 186 Å². The smallest absolute Gasteiger partial charge is 0.305 e. The number of hydrogen-bond acceptors (Lipinski definition) is 8. The summed E-state index contributed by atoms with van der Waals surface area (Å²) in [5, 5.41) is 0. The van der Waals surface area contributed by atoms with Crippen molar-refractivity contribution >= 4 is 35.6 Å². The fourth-order valence-corrected chi connectivity index (χ4v) is 3.19. The van der Waals surface area contributed by atoms with Gasteiger partial charge in [0.25, 0.3) is 23.6 Å². The molecule has 0 saturated carbocycles. The number of unbranched alkanes of at least 4 members (excludes halogenated alkanes) is 4. The Morgan fingerprint density at radius 2 is 0.906 bits per heavy atom. The second-order valence-corrected chi connectivity index (χ2v) is 7.39. The summed E-state index contributed by atoms with van der Waals surface area (Å²) in [4.78, 5) is 71.2. The van der Waals surface area contributed by atoms with E-state index >= 15 is 0 Å². The van der Waals surface area contributed by atoms with Crippen LogP contribution in [0, 0.1) is 0 Å². The minimum absolute atomic E-state index is 0.0147. The van der Waals surface area contributed by atoms with Gasteiger partial charge in [0, 0.05) is 50.2 Å². The Balaban J connectivity index is 1.38. The SMILES string of the molecule is O=C(CCCCCN1C(=O)C=CC1=O)OCCOC(=O)CCCCCN1C(=O)C=CC1=O. The number of rotatable bonds is 15. The Kier molecular flexibility index (Phi) is 10.3. The van der Waals surface area contributed by atoms with Crippen molar-refractivity contribution in [2.75, 3.05) is 26.3 Å². The largest absolute Gasteiger partial charge is 0.462 e. The molecule has 0 aromatic carbocycles. The molecular weight excluding hydrogens is 420 g/mol. The van der Waals surface area contributed by atoms with Crippen molar-refractivity contribution in [3.63, 3.8) is 0 Å². The van der Waals surface area contributed by atoms with E-state index in [0.29, 0.717) is 51.6 Å². The Hall–Kier alpha value is -3.30. The van der Waals surface area contributed by atoms with Crippen molar-refractivity contribution in [1.82, 2.24) is 9.80 Å². The second-order valence-electron chi connectivity index (χ2n) is 7.39. The molecule has 0 unspecified atom stereocenters. The van der Waals surface area contributed by atoms with Crippen molar-refractivity contribution in [2.45, 2.75) is 51.4 Å². The molecular formula is C22H28N2O8. The zero-order chi connectivity index (χ0) is 23.3. The van der Waals surface area contributed by atoms with Crippen molar-refractivity contribution in [3.05, 3.63) is 24.3 Å². The number of hydrogen-bond donors (Lipinski definition) is 0. The number of carbonyl (C=O) groups is 6. The van der Waals surface area contributed by atoms with Gasteiger partial charge in [-0.15, -0.1) is 0 Å². The number of imide groups is 2. The van der Waals surface area contributed by atoms with E-state index in [4.69, 9.17) is 9.47 Å². The highest BCUT2D eigenvalue weighted by Crippen LogP contribution is 2.09. The minimum Gasteiger partial charge on any atom is -0.462 e. The monoisotopic (exact) mass is 448 g/mol. The minimum atomic E-state index is -0.392. The molecule has 0 spiro atoms. The van der Waals surface area contributed by atoms with Crippen LogP contribution < -0.4 is 0 Å². The van der Waals surface area contributed by atoms with Gasteiger partial charge in [0.15, 0.2) is 0 Å². The highest BCUT2D eigenvalue weighted by molar-refractivity contribution is 6.13. The van der Waals surface area contributed by atoms with Gasteiger partial charge in [-0.3, -0.25) is 38.6 Å². The van der Waals surface area contributed by atoms with Crippen LogP contribution in [0.3, 0.4) is 0 Å². The number of esters is 2. The third-order valence-electron chi connectivity index (χ3n) is 4.94. The van der Waals surface area contributed by atoms with Crippen LogP contribution in [0.15, 0.2) is 24.3 Å². The second kappa shape index (κ2) is 13.2. The predicted octanol–water partition coefficient (Wildman–Crippen LogP) is 1.04. The maximum atomic E-state index is 11.7. The lowest BCUT2D eigenvalue weighted by Gasteiger charge is -2.13. The summed E-state index contributed by atoms with van der Waals surface area (Å²) in [6.45, 7) is 0.640. The van der Waals surface area contributed by atoms with Crippen LogP contribution in [0.25, 0.3) is 0 Å². The van der Waals surface area contributed by atoms with Crippen LogP contribution in [0.1, 0.15) is 51.4 Å². The van der Waals surface area contributed by atoms with Crippen LogP contribution in [0.5, 0.6) is 0 Å². The van der Waals surface area contributed by atoms with E-state index in [2.05, 4.69) is 0 Å².